The normalized spacial score (nSPS) is 12.2. The Hall–Kier alpha value is -3.41. The van der Waals surface area contributed by atoms with Crippen molar-refractivity contribution in [3.63, 3.8) is 0 Å². The molecule has 0 saturated heterocycles. The van der Waals surface area contributed by atoms with E-state index in [1.807, 2.05) is 73.7 Å². The van der Waals surface area contributed by atoms with Crippen LogP contribution in [0.2, 0.25) is 5.02 Å². The molecule has 0 bridgehead atoms. The van der Waals surface area contributed by atoms with Crippen molar-refractivity contribution in [2.45, 2.75) is 23.3 Å². The molecule has 0 aliphatic carbocycles. The summed E-state index contributed by atoms with van der Waals surface area (Å²) in [6, 6.07) is 23.0. The summed E-state index contributed by atoms with van der Waals surface area (Å²) >= 11 is 7.83. The molecule has 4 nitrogen and oxygen atoms in total. The van der Waals surface area contributed by atoms with Crippen LogP contribution in [0.25, 0.3) is 6.08 Å². The molecule has 0 saturated carbocycles. The Labute approximate surface area is 201 Å². The molecule has 4 aromatic rings. The minimum absolute atomic E-state index is 0.0905. The number of nitrogens with one attached hydrogen (secondary N) is 1. The highest BCUT2D eigenvalue weighted by molar-refractivity contribution is 7.99. The molecule has 1 N–H and O–H groups in total. The van der Waals surface area contributed by atoms with Gasteiger partial charge in [0.15, 0.2) is 5.78 Å². The number of fused-ring (bicyclic) bond motifs is 2. The van der Waals surface area contributed by atoms with Gasteiger partial charge in [0.05, 0.1) is 11.4 Å². The molecule has 1 aliphatic heterocycles. The Morgan fingerprint density at radius 3 is 2.79 bits per heavy atom. The zero-order chi connectivity index (χ0) is 22.8. The SMILES string of the molecule is Cc1c(Cl)cccc1OCc1ccc(/C=C/C(=O)c2ccc3c(c2)Nc2ccccc2S3)o1. The van der Waals surface area contributed by atoms with E-state index in [2.05, 4.69) is 11.4 Å². The lowest BCUT2D eigenvalue weighted by Gasteiger charge is -2.20. The number of hydrogen-bond acceptors (Lipinski definition) is 5. The van der Waals surface area contributed by atoms with E-state index in [1.165, 1.54) is 11.0 Å². The number of ether oxygens (including phenoxy) is 1. The summed E-state index contributed by atoms with van der Waals surface area (Å²) in [5.74, 6) is 1.88. The quantitative estimate of drug-likeness (QED) is 0.200. The molecular formula is C27H20ClNO3S. The minimum Gasteiger partial charge on any atom is -0.485 e. The van der Waals surface area contributed by atoms with Crippen LogP contribution in [0.1, 0.15) is 27.4 Å². The third-order valence-corrected chi connectivity index (χ3v) is 6.87. The first kappa shape index (κ1) is 21.4. The maximum absolute atomic E-state index is 12.7. The summed E-state index contributed by atoms with van der Waals surface area (Å²) in [6.45, 7) is 2.19. The van der Waals surface area contributed by atoms with Crippen LogP contribution in [-0.2, 0) is 6.61 Å². The molecule has 164 valence electrons. The van der Waals surface area contributed by atoms with Crippen LogP contribution in [0, 0.1) is 6.92 Å². The first-order valence-electron chi connectivity index (χ1n) is 10.4. The van der Waals surface area contributed by atoms with E-state index < -0.39 is 0 Å². The van der Waals surface area contributed by atoms with Gasteiger partial charge in [0.1, 0.15) is 23.9 Å². The van der Waals surface area contributed by atoms with E-state index in [0.29, 0.717) is 27.9 Å². The van der Waals surface area contributed by atoms with Crippen molar-refractivity contribution in [2.24, 2.45) is 0 Å². The summed E-state index contributed by atoms with van der Waals surface area (Å²) in [5, 5.41) is 4.07. The maximum atomic E-state index is 12.7. The van der Waals surface area contributed by atoms with Gasteiger partial charge in [-0.15, -0.1) is 0 Å². The van der Waals surface area contributed by atoms with Gasteiger partial charge in [-0.3, -0.25) is 4.79 Å². The second kappa shape index (κ2) is 9.22. The summed E-state index contributed by atoms with van der Waals surface area (Å²) in [6.07, 6.45) is 3.20. The number of benzene rings is 3. The van der Waals surface area contributed by atoms with Crippen molar-refractivity contribution in [3.8, 4) is 5.75 Å². The number of hydrogen-bond donors (Lipinski definition) is 1. The largest absolute Gasteiger partial charge is 0.485 e. The van der Waals surface area contributed by atoms with Gasteiger partial charge in [0.2, 0.25) is 0 Å². The minimum atomic E-state index is -0.0905. The fraction of sp³-hybridized carbons (Fsp3) is 0.0741. The topological polar surface area (TPSA) is 51.5 Å². The fourth-order valence-corrected chi connectivity index (χ4v) is 4.64. The summed E-state index contributed by atoms with van der Waals surface area (Å²) < 4.78 is 11.6. The zero-order valence-electron chi connectivity index (χ0n) is 17.8. The van der Waals surface area contributed by atoms with Gasteiger partial charge >= 0.3 is 0 Å². The number of anilines is 2. The highest BCUT2D eigenvalue weighted by Gasteiger charge is 2.16. The second-order valence-corrected chi connectivity index (χ2v) is 9.08. The van der Waals surface area contributed by atoms with Gasteiger partial charge in [0, 0.05) is 25.9 Å². The average molecular weight is 474 g/mol. The number of allylic oxidation sites excluding steroid dienone is 1. The average Bonchev–Trinajstić information content (AvgIpc) is 3.29. The number of furan rings is 1. The molecular weight excluding hydrogens is 454 g/mol. The molecule has 1 aromatic heterocycles. The molecule has 3 aromatic carbocycles. The van der Waals surface area contributed by atoms with E-state index in [1.54, 1.807) is 17.8 Å². The number of carbonyl (C=O) groups excluding carboxylic acids is 1. The molecule has 33 heavy (non-hydrogen) atoms. The van der Waals surface area contributed by atoms with Crippen molar-refractivity contribution in [1.29, 1.82) is 0 Å². The van der Waals surface area contributed by atoms with Crippen molar-refractivity contribution in [3.05, 3.63) is 107 Å². The number of ketones is 1. The predicted octanol–water partition coefficient (Wildman–Crippen LogP) is 7.92. The van der Waals surface area contributed by atoms with E-state index in [-0.39, 0.29) is 12.4 Å². The molecule has 0 unspecified atom stereocenters. The van der Waals surface area contributed by atoms with Crippen LogP contribution in [0.15, 0.2) is 93.1 Å². The van der Waals surface area contributed by atoms with Gasteiger partial charge in [-0.25, -0.2) is 0 Å². The standard InChI is InChI=1S/C27H20ClNO3S/c1-17-21(28)5-4-7-25(17)31-16-20-11-10-19(32-20)12-13-24(30)18-9-14-27-23(15-18)29-22-6-2-3-8-26(22)33-27/h2-15,29H,16H2,1H3/b13-12+. The number of para-hydroxylation sites is 1. The number of rotatable bonds is 6. The summed E-state index contributed by atoms with van der Waals surface area (Å²) in [4.78, 5) is 15.0. The predicted molar refractivity (Wildman–Crippen MR) is 133 cm³/mol. The molecule has 0 amide bonds. The lowest BCUT2D eigenvalue weighted by atomic mass is 10.1. The lowest BCUT2D eigenvalue weighted by Crippen LogP contribution is -2.02. The molecule has 6 heteroatoms. The van der Waals surface area contributed by atoms with Crippen molar-refractivity contribution >= 4 is 46.6 Å². The van der Waals surface area contributed by atoms with Gasteiger partial charge in [-0.05, 0) is 73.7 Å². The monoisotopic (exact) mass is 473 g/mol. The van der Waals surface area contributed by atoms with Crippen molar-refractivity contribution < 1.29 is 13.9 Å². The van der Waals surface area contributed by atoms with E-state index in [9.17, 15) is 4.79 Å². The molecule has 0 atom stereocenters. The Bertz CT molecular complexity index is 1380. The fourth-order valence-electron chi connectivity index (χ4n) is 3.50. The van der Waals surface area contributed by atoms with Gasteiger partial charge in [-0.2, -0.15) is 0 Å². The lowest BCUT2D eigenvalue weighted by molar-refractivity contribution is 0.104. The smallest absolute Gasteiger partial charge is 0.186 e. The Balaban J connectivity index is 1.24. The van der Waals surface area contributed by atoms with E-state index >= 15 is 0 Å². The highest BCUT2D eigenvalue weighted by Crippen LogP contribution is 2.44. The van der Waals surface area contributed by atoms with Gasteiger partial charge in [-0.1, -0.05) is 41.6 Å². The van der Waals surface area contributed by atoms with Crippen molar-refractivity contribution in [2.75, 3.05) is 5.32 Å². The van der Waals surface area contributed by atoms with E-state index in [0.717, 1.165) is 21.8 Å². The number of halogens is 1. The Morgan fingerprint density at radius 2 is 1.88 bits per heavy atom. The van der Waals surface area contributed by atoms with Crippen LogP contribution in [0.4, 0.5) is 11.4 Å². The third-order valence-electron chi connectivity index (χ3n) is 5.31. The van der Waals surface area contributed by atoms with E-state index in [4.69, 9.17) is 20.8 Å². The Kier molecular flexibility index (Phi) is 5.99. The van der Waals surface area contributed by atoms with Crippen LogP contribution in [-0.4, -0.2) is 5.78 Å². The summed E-state index contributed by atoms with van der Waals surface area (Å²) in [7, 11) is 0. The van der Waals surface area contributed by atoms with Crippen LogP contribution < -0.4 is 10.1 Å². The zero-order valence-corrected chi connectivity index (χ0v) is 19.4. The van der Waals surface area contributed by atoms with Crippen LogP contribution in [0.3, 0.4) is 0 Å². The molecule has 2 heterocycles. The van der Waals surface area contributed by atoms with Gasteiger partial charge < -0.3 is 14.5 Å². The second-order valence-electron chi connectivity index (χ2n) is 7.59. The first-order chi connectivity index (χ1) is 16.1. The highest BCUT2D eigenvalue weighted by atomic mass is 35.5. The first-order valence-corrected chi connectivity index (χ1v) is 11.6. The number of carbonyl (C=O) groups is 1. The molecule has 0 spiro atoms. The van der Waals surface area contributed by atoms with Crippen LogP contribution >= 0.6 is 23.4 Å². The molecule has 5 rings (SSSR count). The molecule has 0 radical (unpaired) electrons. The molecule has 0 fully saturated rings. The maximum Gasteiger partial charge on any atom is 0.186 e. The van der Waals surface area contributed by atoms with Crippen molar-refractivity contribution in [1.82, 2.24) is 0 Å². The Morgan fingerprint density at radius 1 is 1.03 bits per heavy atom. The van der Waals surface area contributed by atoms with Gasteiger partial charge in [0.25, 0.3) is 0 Å². The summed E-state index contributed by atoms with van der Waals surface area (Å²) in [5.41, 5.74) is 3.49. The molecule has 1 aliphatic rings. The third kappa shape index (κ3) is 4.70. The van der Waals surface area contributed by atoms with Crippen LogP contribution in [0.5, 0.6) is 5.75 Å².